The number of primary amides is 1. The normalized spacial score (nSPS) is 16.3. The second kappa shape index (κ2) is 6.18. The summed E-state index contributed by atoms with van der Waals surface area (Å²) in [5, 5.41) is 9.68. The Kier molecular flexibility index (Phi) is 5.99. The van der Waals surface area contributed by atoms with Gasteiger partial charge in [-0.2, -0.15) is 0 Å². The van der Waals surface area contributed by atoms with E-state index in [1.165, 1.54) is 21.3 Å². The van der Waals surface area contributed by atoms with Gasteiger partial charge in [-0.05, 0) is 6.04 Å². The van der Waals surface area contributed by atoms with Crippen LogP contribution >= 0.6 is 0 Å². The molecule has 0 spiro atoms. The van der Waals surface area contributed by atoms with E-state index in [4.69, 9.17) is 19.9 Å². The monoisotopic (exact) mass is 237 g/mol. The van der Waals surface area contributed by atoms with Crippen LogP contribution in [0.2, 0.25) is 6.04 Å². The van der Waals surface area contributed by atoms with E-state index in [-0.39, 0.29) is 0 Å². The summed E-state index contributed by atoms with van der Waals surface area (Å²) < 4.78 is 15.3. The Labute approximate surface area is 92.1 Å². The Balaban J connectivity index is 5.09. The van der Waals surface area contributed by atoms with Crippen LogP contribution in [0, 0.1) is 0 Å². The highest BCUT2D eigenvalue weighted by Gasteiger charge is 2.48. The highest BCUT2D eigenvalue weighted by molar-refractivity contribution is 6.09. The van der Waals surface area contributed by atoms with Gasteiger partial charge in [-0.1, -0.05) is 0 Å². The molecule has 3 N–H and O–H groups in total. The number of aliphatic hydroxyl groups excluding tert-OH is 1. The van der Waals surface area contributed by atoms with Crippen molar-refractivity contribution in [3.63, 3.8) is 0 Å². The lowest BCUT2D eigenvalue weighted by Gasteiger charge is -2.38. The first kappa shape index (κ1) is 14.5. The summed E-state index contributed by atoms with van der Waals surface area (Å²) >= 11 is 0. The fourth-order valence-electron chi connectivity index (χ4n) is 1.56. The van der Waals surface area contributed by atoms with Gasteiger partial charge in [0.15, 0.2) is 6.10 Å². The maximum atomic E-state index is 11.0. The van der Waals surface area contributed by atoms with E-state index in [1.807, 2.05) is 0 Å². The van der Waals surface area contributed by atoms with Gasteiger partial charge < -0.3 is 25.1 Å². The molecular weight excluding hydrogens is 218 g/mol. The van der Waals surface area contributed by atoms with Gasteiger partial charge in [0.25, 0.3) is 5.91 Å². The Morgan fingerprint density at radius 1 is 1.47 bits per heavy atom. The highest BCUT2D eigenvalue weighted by Crippen LogP contribution is 2.25. The smallest absolute Gasteiger partial charge is 0.252 e. The molecule has 0 saturated heterocycles. The van der Waals surface area contributed by atoms with E-state index in [0.717, 1.165) is 10.2 Å². The molecule has 90 valence electrons. The lowest BCUT2D eigenvalue weighted by molar-refractivity contribution is -0.295. The number of carbonyl (C=O) groups is 1. The molecule has 2 unspecified atom stereocenters. The first-order valence-electron chi connectivity index (χ1n) is 4.60. The zero-order valence-electron chi connectivity index (χ0n) is 9.52. The molecule has 0 aliphatic rings. The molecule has 0 heterocycles. The summed E-state index contributed by atoms with van der Waals surface area (Å²) in [6.45, 7) is 0. The maximum Gasteiger partial charge on any atom is 0.252 e. The van der Waals surface area contributed by atoms with E-state index < -0.39 is 23.9 Å². The highest BCUT2D eigenvalue weighted by atomic mass is 28.1. The fraction of sp³-hybridized carbons (Fsp3) is 0.875. The minimum atomic E-state index is -1.56. The van der Waals surface area contributed by atoms with Crippen LogP contribution in [0.25, 0.3) is 0 Å². The van der Waals surface area contributed by atoms with E-state index in [2.05, 4.69) is 0 Å². The molecule has 15 heavy (non-hydrogen) atoms. The van der Waals surface area contributed by atoms with E-state index in [0.29, 0.717) is 6.04 Å². The van der Waals surface area contributed by atoms with Gasteiger partial charge in [0.2, 0.25) is 5.79 Å². The van der Waals surface area contributed by atoms with Crippen molar-refractivity contribution in [1.29, 1.82) is 0 Å². The molecule has 0 radical (unpaired) electrons. The average Bonchev–Trinajstić information content (AvgIpc) is 2.25. The molecule has 0 aromatic rings. The second-order valence-corrected chi connectivity index (χ2v) is 3.88. The number of hydrogen-bond donors (Lipinski definition) is 2. The van der Waals surface area contributed by atoms with Crippen molar-refractivity contribution in [3.05, 3.63) is 0 Å². The second-order valence-electron chi connectivity index (χ2n) is 3.07. The number of hydrogen-bond acceptors (Lipinski definition) is 5. The van der Waals surface area contributed by atoms with Crippen molar-refractivity contribution in [2.45, 2.75) is 24.0 Å². The molecular formula is C8H19NO5Si. The molecule has 0 fully saturated rings. The quantitative estimate of drug-likeness (QED) is 0.381. The van der Waals surface area contributed by atoms with Crippen LogP contribution in [0.3, 0.4) is 0 Å². The van der Waals surface area contributed by atoms with Crippen LogP contribution in [0.1, 0.15) is 0 Å². The Morgan fingerprint density at radius 3 is 2.13 bits per heavy atom. The molecule has 0 aromatic carbocycles. The fourth-order valence-corrected chi connectivity index (χ4v) is 2.46. The Bertz CT molecular complexity index is 205. The summed E-state index contributed by atoms with van der Waals surface area (Å²) in [6.07, 6.45) is -2.09. The molecule has 0 saturated carbocycles. The standard InChI is InChI=1S/C8H19NO5Si/c1-12-5(4-15)8(13-2,14-3)6(10)7(9)11/h5-6,10H,4H2,1-3,15H3,(H2,9,11). The van der Waals surface area contributed by atoms with Crippen LogP contribution in [0.5, 0.6) is 0 Å². The van der Waals surface area contributed by atoms with Crippen molar-refractivity contribution in [2.24, 2.45) is 5.73 Å². The Hall–Kier alpha value is -0.473. The Morgan fingerprint density at radius 2 is 1.93 bits per heavy atom. The number of rotatable bonds is 7. The number of carbonyl (C=O) groups excluding carboxylic acids is 1. The largest absolute Gasteiger partial charge is 0.378 e. The summed E-state index contributed by atoms with van der Waals surface area (Å²) in [7, 11) is 4.94. The number of aliphatic hydroxyl groups is 1. The van der Waals surface area contributed by atoms with Crippen LogP contribution < -0.4 is 5.73 Å². The van der Waals surface area contributed by atoms with Crippen molar-refractivity contribution in [2.75, 3.05) is 21.3 Å². The summed E-state index contributed by atoms with van der Waals surface area (Å²) in [5.74, 6) is -2.43. The molecule has 0 rings (SSSR count). The number of amides is 1. The first-order valence-corrected chi connectivity index (χ1v) is 6.02. The van der Waals surface area contributed by atoms with Gasteiger partial charge in [-0.3, -0.25) is 4.79 Å². The molecule has 0 aromatic heterocycles. The number of methoxy groups -OCH3 is 3. The third-order valence-corrected chi connectivity index (χ3v) is 3.13. The summed E-state index contributed by atoms with van der Waals surface area (Å²) in [4.78, 5) is 11.0. The van der Waals surface area contributed by atoms with Crippen LogP contribution in [0.15, 0.2) is 0 Å². The topological polar surface area (TPSA) is 91.0 Å². The van der Waals surface area contributed by atoms with E-state index in [1.54, 1.807) is 0 Å². The van der Waals surface area contributed by atoms with Crippen LogP contribution in [-0.4, -0.2) is 60.6 Å². The predicted molar refractivity (Wildman–Crippen MR) is 57.5 cm³/mol. The third kappa shape index (κ3) is 2.76. The average molecular weight is 237 g/mol. The van der Waals surface area contributed by atoms with Gasteiger partial charge in [-0.15, -0.1) is 0 Å². The third-order valence-electron chi connectivity index (χ3n) is 2.39. The van der Waals surface area contributed by atoms with Crippen molar-refractivity contribution in [3.8, 4) is 0 Å². The summed E-state index contributed by atoms with van der Waals surface area (Å²) in [5.41, 5.74) is 5.03. The van der Waals surface area contributed by atoms with Crippen molar-refractivity contribution < 1.29 is 24.1 Å². The minimum Gasteiger partial charge on any atom is -0.378 e. The molecule has 1 amide bonds. The molecule has 7 heteroatoms. The number of ether oxygens (including phenoxy) is 3. The van der Waals surface area contributed by atoms with Gasteiger partial charge >= 0.3 is 0 Å². The molecule has 2 atom stereocenters. The maximum absolute atomic E-state index is 11.0. The zero-order chi connectivity index (χ0) is 12.1. The lowest BCUT2D eigenvalue weighted by atomic mass is 10.0. The van der Waals surface area contributed by atoms with E-state index in [9.17, 15) is 9.90 Å². The van der Waals surface area contributed by atoms with Gasteiger partial charge in [-0.25, -0.2) is 0 Å². The van der Waals surface area contributed by atoms with Crippen molar-refractivity contribution >= 4 is 16.1 Å². The van der Waals surface area contributed by atoms with Gasteiger partial charge in [0.1, 0.15) is 6.10 Å². The van der Waals surface area contributed by atoms with Gasteiger partial charge in [0, 0.05) is 31.6 Å². The zero-order valence-corrected chi connectivity index (χ0v) is 11.5. The number of nitrogens with two attached hydrogens (primary N) is 1. The molecule has 0 aliphatic heterocycles. The van der Waals surface area contributed by atoms with Crippen molar-refractivity contribution in [1.82, 2.24) is 0 Å². The lowest BCUT2D eigenvalue weighted by Crippen LogP contribution is -2.60. The van der Waals surface area contributed by atoms with Gasteiger partial charge in [0.05, 0.1) is 0 Å². The minimum absolute atomic E-state index is 0.526. The molecule has 6 nitrogen and oxygen atoms in total. The predicted octanol–water partition coefficient (Wildman–Crippen LogP) is -2.38. The first-order chi connectivity index (χ1) is 6.99. The molecule has 0 bridgehead atoms. The molecule has 0 aliphatic carbocycles. The van der Waals surface area contributed by atoms with Crippen LogP contribution in [0.4, 0.5) is 0 Å². The summed E-state index contributed by atoms with van der Waals surface area (Å²) in [6, 6.07) is 0.641. The van der Waals surface area contributed by atoms with Crippen LogP contribution in [-0.2, 0) is 19.0 Å². The van der Waals surface area contributed by atoms with E-state index >= 15 is 0 Å². The SMILES string of the molecule is COC(C[SiH3])C(OC)(OC)C(O)C(N)=O.